The van der Waals surface area contributed by atoms with Crippen molar-refractivity contribution in [2.24, 2.45) is 0 Å². The van der Waals surface area contributed by atoms with Crippen LogP contribution in [0.5, 0.6) is 0 Å². The molecule has 0 saturated heterocycles. The summed E-state index contributed by atoms with van der Waals surface area (Å²) < 4.78 is 0.902. The molecule has 5 heteroatoms. The number of nitrogens with two attached hydrogens (primary N) is 1. The zero-order chi connectivity index (χ0) is 14.1. The van der Waals surface area contributed by atoms with E-state index in [0.29, 0.717) is 5.02 Å². The predicted molar refractivity (Wildman–Crippen MR) is 88.6 cm³/mol. The number of hydrogen-bond donors (Lipinski definition) is 2. The number of nitrogen functional groups attached to an aromatic ring is 1. The van der Waals surface area contributed by atoms with Gasteiger partial charge in [-0.3, -0.25) is 4.98 Å². The molecule has 0 aliphatic heterocycles. The van der Waals surface area contributed by atoms with Crippen molar-refractivity contribution in [3.63, 3.8) is 0 Å². The lowest BCUT2D eigenvalue weighted by Gasteiger charge is -2.12. The van der Waals surface area contributed by atoms with Gasteiger partial charge in [0, 0.05) is 44.0 Å². The molecule has 0 bridgehead atoms. The summed E-state index contributed by atoms with van der Waals surface area (Å²) in [5.41, 5.74) is 8.61. The largest absolute Gasteiger partial charge is 0.398 e. The summed E-state index contributed by atoms with van der Waals surface area (Å²) >= 11 is 9.45. The molecular formula is C15H11BrClN3. The van der Waals surface area contributed by atoms with E-state index >= 15 is 0 Å². The smallest absolute Gasteiger partial charge is 0.0529 e. The number of pyridine rings is 1. The topological polar surface area (TPSA) is 50.9 Å². The highest BCUT2D eigenvalue weighted by molar-refractivity contribution is 9.10. The Balaban J connectivity index is 2.09. The highest BCUT2D eigenvalue weighted by atomic mass is 79.9. The van der Waals surface area contributed by atoms with Crippen LogP contribution >= 0.6 is 27.5 Å². The Kier molecular flexibility index (Phi) is 3.51. The first kappa shape index (κ1) is 13.2. The van der Waals surface area contributed by atoms with Gasteiger partial charge in [-0.2, -0.15) is 0 Å². The quantitative estimate of drug-likeness (QED) is 0.642. The van der Waals surface area contributed by atoms with Gasteiger partial charge in [-0.25, -0.2) is 0 Å². The Morgan fingerprint density at radius 1 is 1.05 bits per heavy atom. The zero-order valence-corrected chi connectivity index (χ0v) is 12.7. The Labute approximate surface area is 129 Å². The molecule has 0 aliphatic rings. The van der Waals surface area contributed by atoms with Crippen LogP contribution in [0.15, 0.2) is 53.3 Å². The highest BCUT2D eigenvalue weighted by Gasteiger charge is 2.06. The van der Waals surface area contributed by atoms with Crippen molar-refractivity contribution in [1.82, 2.24) is 4.98 Å². The van der Waals surface area contributed by atoms with Gasteiger partial charge in [0.2, 0.25) is 0 Å². The second-order valence-electron chi connectivity index (χ2n) is 4.37. The summed E-state index contributed by atoms with van der Waals surface area (Å²) in [5.74, 6) is 0. The summed E-state index contributed by atoms with van der Waals surface area (Å²) in [6.07, 6.45) is 3.54. The molecule has 0 unspecified atom stereocenters. The third-order valence-electron chi connectivity index (χ3n) is 3.05. The lowest BCUT2D eigenvalue weighted by Crippen LogP contribution is -1.95. The van der Waals surface area contributed by atoms with E-state index < -0.39 is 0 Å². The molecule has 20 heavy (non-hydrogen) atoms. The molecule has 2 aromatic carbocycles. The fourth-order valence-corrected chi connectivity index (χ4v) is 2.84. The van der Waals surface area contributed by atoms with Crippen LogP contribution < -0.4 is 11.1 Å². The number of benzene rings is 2. The van der Waals surface area contributed by atoms with Gasteiger partial charge in [0.15, 0.2) is 0 Å². The third-order valence-corrected chi connectivity index (χ3v) is 3.94. The van der Waals surface area contributed by atoms with E-state index in [1.807, 2.05) is 36.4 Å². The maximum Gasteiger partial charge on any atom is 0.0529 e. The van der Waals surface area contributed by atoms with E-state index in [1.165, 1.54) is 0 Å². The molecule has 0 amide bonds. The van der Waals surface area contributed by atoms with Gasteiger partial charge in [0.1, 0.15) is 0 Å². The maximum absolute atomic E-state index is 5.99. The molecule has 1 aromatic heterocycles. The first-order chi connectivity index (χ1) is 9.65. The van der Waals surface area contributed by atoms with Crippen molar-refractivity contribution >= 4 is 55.4 Å². The predicted octanol–water partition coefficient (Wildman–Crippen LogP) is 4.98. The average molecular weight is 349 g/mol. The normalized spacial score (nSPS) is 10.7. The number of anilines is 3. The van der Waals surface area contributed by atoms with Crippen LogP contribution in [-0.4, -0.2) is 4.98 Å². The van der Waals surface area contributed by atoms with Crippen molar-refractivity contribution in [2.75, 3.05) is 11.1 Å². The van der Waals surface area contributed by atoms with Gasteiger partial charge < -0.3 is 11.1 Å². The Bertz CT molecular complexity index is 789. The second kappa shape index (κ2) is 5.31. The minimum atomic E-state index is 0.686. The summed E-state index contributed by atoms with van der Waals surface area (Å²) in [6, 6.07) is 11.3. The summed E-state index contributed by atoms with van der Waals surface area (Å²) in [7, 11) is 0. The standard InChI is InChI=1S/C15H11BrClN3/c16-12-7-9(17)1-3-15(12)20-14-4-2-13(18)10-5-6-19-8-11(10)14/h1-8,20H,18H2. The summed E-state index contributed by atoms with van der Waals surface area (Å²) in [5, 5.41) is 6.02. The maximum atomic E-state index is 5.99. The number of aromatic nitrogens is 1. The Morgan fingerprint density at radius 2 is 1.85 bits per heavy atom. The van der Waals surface area contributed by atoms with E-state index in [4.69, 9.17) is 17.3 Å². The number of halogens is 2. The lowest BCUT2D eigenvalue weighted by atomic mass is 10.1. The van der Waals surface area contributed by atoms with Crippen LogP contribution in [0, 0.1) is 0 Å². The van der Waals surface area contributed by atoms with Crippen molar-refractivity contribution in [3.05, 3.63) is 58.3 Å². The van der Waals surface area contributed by atoms with Crippen LogP contribution in [0.4, 0.5) is 17.1 Å². The number of nitrogens with zero attached hydrogens (tertiary/aromatic N) is 1. The molecule has 3 N–H and O–H groups in total. The molecule has 0 spiro atoms. The van der Waals surface area contributed by atoms with E-state index in [2.05, 4.69) is 26.2 Å². The van der Waals surface area contributed by atoms with Gasteiger partial charge in [0.25, 0.3) is 0 Å². The molecule has 3 nitrogen and oxygen atoms in total. The number of hydrogen-bond acceptors (Lipinski definition) is 3. The molecule has 3 rings (SSSR count). The Morgan fingerprint density at radius 3 is 2.65 bits per heavy atom. The van der Waals surface area contributed by atoms with E-state index in [1.54, 1.807) is 12.4 Å². The van der Waals surface area contributed by atoms with Crippen LogP contribution in [0.25, 0.3) is 10.8 Å². The third kappa shape index (κ3) is 2.44. The molecule has 0 aliphatic carbocycles. The zero-order valence-electron chi connectivity index (χ0n) is 10.4. The number of fused-ring (bicyclic) bond motifs is 1. The van der Waals surface area contributed by atoms with Gasteiger partial charge >= 0.3 is 0 Å². The summed E-state index contributed by atoms with van der Waals surface area (Å²) in [4.78, 5) is 4.16. The van der Waals surface area contributed by atoms with Crippen LogP contribution in [-0.2, 0) is 0 Å². The molecular weight excluding hydrogens is 338 g/mol. The average Bonchev–Trinajstić information content (AvgIpc) is 2.45. The summed E-state index contributed by atoms with van der Waals surface area (Å²) in [6.45, 7) is 0. The molecule has 0 saturated carbocycles. The SMILES string of the molecule is Nc1ccc(Nc2ccc(Cl)cc2Br)c2cnccc12. The monoisotopic (exact) mass is 347 g/mol. The van der Waals surface area contributed by atoms with Crippen molar-refractivity contribution in [1.29, 1.82) is 0 Å². The van der Waals surface area contributed by atoms with Gasteiger partial charge in [-0.05, 0) is 52.3 Å². The van der Waals surface area contributed by atoms with Gasteiger partial charge in [0.05, 0.1) is 5.69 Å². The van der Waals surface area contributed by atoms with Gasteiger partial charge in [-0.1, -0.05) is 11.6 Å². The van der Waals surface area contributed by atoms with Crippen LogP contribution in [0.3, 0.4) is 0 Å². The highest BCUT2D eigenvalue weighted by Crippen LogP contribution is 2.33. The fourth-order valence-electron chi connectivity index (χ4n) is 2.06. The van der Waals surface area contributed by atoms with Crippen LogP contribution in [0.2, 0.25) is 5.02 Å². The second-order valence-corrected chi connectivity index (χ2v) is 5.66. The molecule has 1 heterocycles. The molecule has 0 radical (unpaired) electrons. The minimum absolute atomic E-state index is 0.686. The molecule has 100 valence electrons. The molecule has 0 fully saturated rings. The van der Waals surface area contributed by atoms with E-state index in [9.17, 15) is 0 Å². The fraction of sp³-hybridized carbons (Fsp3) is 0. The van der Waals surface area contributed by atoms with Crippen molar-refractivity contribution in [2.45, 2.75) is 0 Å². The van der Waals surface area contributed by atoms with Crippen LogP contribution in [0.1, 0.15) is 0 Å². The molecule has 0 atom stereocenters. The van der Waals surface area contributed by atoms with Gasteiger partial charge in [-0.15, -0.1) is 0 Å². The molecule has 3 aromatic rings. The van der Waals surface area contributed by atoms with Crippen molar-refractivity contribution < 1.29 is 0 Å². The first-order valence-electron chi connectivity index (χ1n) is 5.99. The van der Waals surface area contributed by atoms with E-state index in [0.717, 1.165) is 32.3 Å². The van der Waals surface area contributed by atoms with E-state index in [-0.39, 0.29) is 0 Å². The number of nitrogens with one attached hydrogen (secondary N) is 1. The first-order valence-corrected chi connectivity index (χ1v) is 7.16. The lowest BCUT2D eigenvalue weighted by molar-refractivity contribution is 1.36. The number of rotatable bonds is 2. The Hall–Kier alpha value is -1.78. The minimum Gasteiger partial charge on any atom is -0.398 e. The van der Waals surface area contributed by atoms with Crippen molar-refractivity contribution in [3.8, 4) is 0 Å².